The molecule has 0 amide bonds. The highest BCUT2D eigenvalue weighted by Crippen LogP contribution is 2.43. The van der Waals surface area contributed by atoms with E-state index in [0.29, 0.717) is 17.5 Å². The van der Waals surface area contributed by atoms with Crippen LogP contribution in [0.25, 0.3) is 116 Å². The molecule has 5 nitrogen and oxygen atoms in total. The largest absolute Gasteiger partial charge is 0.455 e. The summed E-state index contributed by atoms with van der Waals surface area (Å²) in [6, 6.07) is 68.0. The fraction of sp³-hybridized carbons (Fsp3) is 0. The molecule has 0 aliphatic rings. The number of fused-ring (bicyclic) bond motifs is 9. The Kier molecular flexibility index (Phi) is 7.16. The van der Waals surface area contributed by atoms with Crippen LogP contribution in [0.15, 0.2) is 199 Å². The lowest BCUT2D eigenvalue weighted by atomic mass is 10.0. The second-order valence-electron chi connectivity index (χ2n) is 14.8. The van der Waals surface area contributed by atoms with Crippen LogP contribution < -0.4 is 0 Å². The van der Waals surface area contributed by atoms with Gasteiger partial charge in [0.15, 0.2) is 17.5 Å². The maximum atomic E-state index is 7.01. The fourth-order valence-electron chi connectivity index (χ4n) is 8.69. The summed E-state index contributed by atoms with van der Waals surface area (Å²) in [6.07, 6.45) is 0. The van der Waals surface area contributed by atoms with Gasteiger partial charge in [-0.15, -0.1) is 0 Å². The average Bonchev–Trinajstić information content (AvgIpc) is 3.84. The Morgan fingerprint density at radius 1 is 0.328 bits per heavy atom. The van der Waals surface area contributed by atoms with Crippen molar-refractivity contribution in [1.29, 1.82) is 0 Å². The normalized spacial score (nSPS) is 11.8. The van der Waals surface area contributed by atoms with Gasteiger partial charge >= 0.3 is 0 Å². The SMILES string of the molecule is c1ccc(-c2cccc(-c3nc(-c4ccccc4)nc(-c4cccc5c4oc4c6ccccc6c(-n6c7ccccc7c7cc8ccccc8cc76)cc54)n3)c2)cc1. The van der Waals surface area contributed by atoms with Crippen LogP contribution in [0.2, 0.25) is 0 Å². The predicted molar refractivity (Wildman–Crippen MR) is 238 cm³/mol. The molecule has 0 unspecified atom stereocenters. The zero-order valence-corrected chi connectivity index (χ0v) is 31.2. The van der Waals surface area contributed by atoms with Crippen molar-refractivity contribution in [2.45, 2.75) is 0 Å². The number of furan rings is 1. The number of hydrogen-bond donors (Lipinski definition) is 0. The van der Waals surface area contributed by atoms with Gasteiger partial charge in [-0.2, -0.15) is 0 Å². The third-order valence-corrected chi connectivity index (χ3v) is 11.4. The van der Waals surface area contributed by atoms with Crippen molar-refractivity contribution in [2.24, 2.45) is 0 Å². The molecule has 5 heteroatoms. The molecule has 0 bridgehead atoms. The van der Waals surface area contributed by atoms with Crippen LogP contribution in [0.5, 0.6) is 0 Å². The lowest BCUT2D eigenvalue weighted by molar-refractivity contribution is 0.673. The van der Waals surface area contributed by atoms with E-state index in [2.05, 4.69) is 162 Å². The molecule has 12 aromatic rings. The van der Waals surface area contributed by atoms with Gasteiger partial charge in [-0.25, -0.2) is 15.0 Å². The third kappa shape index (κ3) is 5.07. The Labute approximate surface area is 333 Å². The Hall–Kier alpha value is -7.89. The molecule has 0 fully saturated rings. The highest BCUT2D eigenvalue weighted by molar-refractivity contribution is 6.21. The lowest BCUT2D eigenvalue weighted by Crippen LogP contribution is -2.00. The summed E-state index contributed by atoms with van der Waals surface area (Å²) in [4.78, 5) is 15.4. The topological polar surface area (TPSA) is 56.7 Å². The van der Waals surface area contributed by atoms with Crippen molar-refractivity contribution in [3.8, 4) is 51.0 Å². The highest BCUT2D eigenvalue weighted by atomic mass is 16.3. The molecule has 9 aromatic carbocycles. The Bertz CT molecular complexity index is 3570. The zero-order valence-electron chi connectivity index (χ0n) is 31.2. The second-order valence-corrected chi connectivity index (χ2v) is 14.8. The molecular formula is C53H32N4O. The first kappa shape index (κ1) is 32.4. The summed E-state index contributed by atoms with van der Waals surface area (Å²) in [7, 11) is 0. The first-order valence-corrected chi connectivity index (χ1v) is 19.5. The van der Waals surface area contributed by atoms with Crippen LogP contribution >= 0.6 is 0 Å². The van der Waals surface area contributed by atoms with Crippen molar-refractivity contribution >= 4 is 65.3 Å². The standard InChI is InChI=1S/C53H32N4O/c1-3-15-33(16-4-1)35-21-13-22-38(29-35)52-54-51(34-17-5-2-6-18-34)55-53(56-52)43-27-14-26-42-45-32-48(39-23-9-10-25-41(39)50(45)58-49(42)43)57-46-28-12-11-24-40(46)44-30-36-19-7-8-20-37(36)31-47(44)57/h1-32H. The Balaban J connectivity index is 1.11. The number of benzene rings is 9. The Morgan fingerprint density at radius 3 is 1.71 bits per heavy atom. The van der Waals surface area contributed by atoms with Crippen LogP contribution in [0.3, 0.4) is 0 Å². The van der Waals surface area contributed by atoms with Crippen LogP contribution in [-0.2, 0) is 0 Å². The van der Waals surface area contributed by atoms with Gasteiger partial charge in [-0.1, -0.05) is 158 Å². The quantitative estimate of drug-likeness (QED) is 0.176. The molecule has 0 saturated carbocycles. The molecule has 0 radical (unpaired) electrons. The summed E-state index contributed by atoms with van der Waals surface area (Å²) in [6.45, 7) is 0. The number of nitrogens with zero attached hydrogens (tertiary/aromatic N) is 4. The molecule has 12 rings (SSSR count). The van der Waals surface area contributed by atoms with E-state index in [-0.39, 0.29) is 0 Å². The third-order valence-electron chi connectivity index (χ3n) is 11.4. The van der Waals surface area contributed by atoms with Crippen LogP contribution in [0, 0.1) is 0 Å². The lowest BCUT2D eigenvalue weighted by Gasteiger charge is -2.13. The first-order chi connectivity index (χ1) is 28.7. The zero-order chi connectivity index (χ0) is 38.2. The fourth-order valence-corrected chi connectivity index (χ4v) is 8.69. The van der Waals surface area contributed by atoms with Crippen LogP contribution in [0.1, 0.15) is 0 Å². The van der Waals surface area contributed by atoms with Crippen LogP contribution in [0.4, 0.5) is 0 Å². The molecule has 0 saturated heterocycles. The van der Waals surface area contributed by atoms with Crippen molar-refractivity contribution in [3.63, 3.8) is 0 Å². The van der Waals surface area contributed by atoms with Gasteiger partial charge in [-0.3, -0.25) is 0 Å². The van der Waals surface area contributed by atoms with Crippen molar-refractivity contribution < 1.29 is 4.42 Å². The van der Waals surface area contributed by atoms with Gasteiger partial charge in [0, 0.05) is 43.4 Å². The highest BCUT2D eigenvalue weighted by Gasteiger charge is 2.22. The Morgan fingerprint density at radius 2 is 0.897 bits per heavy atom. The summed E-state index contributed by atoms with van der Waals surface area (Å²) in [5.41, 5.74) is 9.87. The monoisotopic (exact) mass is 740 g/mol. The minimum atomic E-state index is 0.553. The molecule has 0 atom stereocenters. The van der Waals surface area contributed by atoms with Gasteiger partial charge in [0.25, 0.3) is 0 Å². The van der Waals surface area contributed by atoms with E-state index < -0.39 is 0 Å². The van der Waals surface area contributed by atoms with E-state index in [1.54, 1.807) is 0 Å². The molecule has 0 N–H and O–H groups in total. The second kappa shape index (κ2) is 12.8. The van der Waals surface area contributed by atoms with E-state index in [9.17, 15) is 0 Å². The smallest absolute Gasteiger partial charge is 0.167 e. The summed E-state index contributed by atoms with van der Waals surface area (Å²) >= 11 is 0. The molecule has 0 aliphatic carbocycles. The van der Waals surface area contributed by atoms with Crippen molar-refractivity contribution in [2.75, 3.05) is 0 Å². The van der Waals surface area contributed by atoms with Gasteiger partial charge in [0.05, 0.1) is 22.3 Å². The molecule has 58 heavy (non-hydrogen) atoms. The number of rotatable bonds is 5. The predicted octanol–water partition coefficient (Wildman–Crippen LogP) is 13.8. The molecule has 3 aromatic heterocycles. The molecular weight excluding hydrogens is 709 g/mol. The molecule has 0 aliphatic heterocycles. The summed E-state index contributed by atoms with van der Waals surface area (Å²) in [5, 5.41) is 9.08. The minimum Gasteiger partial charge on any atom is -0.455 e. The van der Waals surface area contributed by atoms with Gasteiger partial charge in [-0.05, 0) is 58.3 Å². The van der Waals surface area contributed by atoms with Gasteiger partial charge in [0.1, 0.15) is 11.2 Å². The van der Waals surface area contributed by atoms with Gasteiger partial charge in [0.2, 0.25) is 0 Å². The van der Waals surface area contributed by atoms with Crippen LogP contribution in [-0.4, -0.2) is 19.5 Å². The molecule has 270 valence electrons. The number of hydrogen-bond acceptors (Lipinski definition) is 4. The minimum absolute atomic E-state index is 0.553. The molecule has 3 heterocycles. The summed E-state index contributed by atoms with van der Waals surface area (Å²) < 4.78 is 9.44. The average molecular weight is 741 g/mol. The van der Waals surface area contributed by atoms with E-state index in [4.69, 9.17) is 19.4 Å². The maximum absolute atomic E-state index is 7.01. The maximum Gasteiger partial charge on any atom is 0.167 e. The van der Waals surface area contributed by atoms with Crippen molar-refractivity contribution in [3.05, 3.63) is 194 Å². The van der Waals surface area contributed by atoms with E-state index in [1.807, 2.05) is 36.4 Å². The van der Waals surface area contributed by atoms with E-state index in [1.165, 1.54) is 27.1 Å². The van der Waals surface area contributed by atoms with E-state index in [0.717, 1.165) is 71.7 Å². The van der Waals surface area contributed by atoms with Gasteiger partial charge < -0.3 is 8.98 Å². The number of aromatic nitrogens is 4. The number of para-hydroxylation sites is 2. The van der Waals surface area contributed by atoms with Crippen molar-refractivity contribution in [1.82, 2.24) is 19.5 Å². The molecule has 0 spiro atoms. The first-order valence-electron chi connectivity index (χ1n) is 19.5. The van der Waals surface area contributed by atoms with E-state index >= 15 is 0 Å². The summed E-state index contributed by atoms with van der Waals surface area (Å²) in [5.74, 6) is 1.75.